The predicted octanol–water partition coefficient (Wildman–Crippen LogP) is 2.04. The van der Waals surface area contributed by atoms with Gasteiger partial charge in [0.15, 0.2) is 0 Å². The molecule has 2 aromatic rings. The van der Waals surface area contributed by atoms with Gasteiger partial charge in [-0.05, 0) is 50.3 Å². The summed E-state index contributed by atoms with van der Waals surface area (Å²) in [5.74, 6) is 0.909. The van der Waals surface area contributed by atoms with Crippen molar-refractivity contribution in [1.29, 1.82) is 0 Å². The molecule has 24 heavy (non-hydrogen) atoms. The molecule has 1 unspecified atom stereocenters. The second kappa shape index (κ2) is 7.01. The van der Waals surface area contributed by atoms with E-state index in [0.29, 0.717) is 13.1 Å². The van der Waals surface area contributed by atoms with E-state index in [1.807, 2.05) is 37.2 Å². The zero-order chi connectivity index (χ0) is 17.1. The van der Waals surface area contributed by atoms with E-state index in [1.165, 1.54) is 11.1 Å². The summed E-state index contributed by atoms with van der Waals surface area (Å²) in [5.41, 5.74) is 4.31. The summed E-state index contributed by atoms with van der Waals surface area (Å²) >= 11 is 0. The Labute approximate surface area is 142 Å². The fourth-order valence-corrected chi connectivity index (χ4v) is 2.99. The number of aromatic nitrogens is 1. The summed E-state index contributed by atoms with van der Waals surface area (Å²) < 4.78 is 6.13. The van der Waals surface area contributed by atoms with Gasteiger partial charge in [0.25, 0.3) is 0 Å². The largest absolute Gasteiger partial charge is 0.487 e. The van der Waals surface area contributed by atoms with Crippen LogP contribution in [0.15, 0.2) is 36.5 Å². The number of carbonyl (C=O) groups is 1. The minimum atomic E-state index is -0.0321. The van der Waals surface area contributed by atoms with Gasteiger partial charge in [0, 0.05) is 18.2 Å². The van der Waals surface area contributed by atoms with Crippen molar-refractivity contribution in [2.24, 2.45) is 0 Å². The fraction of sp³-hybridized carbons (Fsp3) is 0.368. The molecule has 3 rings (SSSR count). The van der Waals surface area contributed by atoms with E-state index >= 15 is 0 Å². The molecule has 5 heteroatoms. The highest BCUT2D eigenvalue weighted by Gasteiger charge is 2.27. The van der Waals surface area contributed by atoms with E-state index in [-0.39, 0.29) is 12.0 Å². The molecule has 0 bridgehead atoms. The number of nitrogens with one attached hydrogen (secondary N) is 1. The Morgan fingerprint density at radius 3 is 2.92 bits per heavy atom. The van der Waals surface area contributed by atoms with Crippen molar-refractivity contribution in [3.63, 3.8) is 0 Å². The number of pyridine rings is 1. The molecule has 5 nitrogen and oxygen atoms in total. The second-order valence-electron chi connectivity index (χ2n) is 6.50. The number of ether oxygens (including phenoxy) is 1. The summed E-state index contributed by atoms with van der Waals surface area (Å²) in [7, 11) is 3.76. The number of nitrogens with zero attached hydrogens (tertiary/aromatic N) is 2. The third-order valence-corrected chi connectivity index (χ3v) is 3.97. The van der Waals surface area contributed by atoms with Crippen LogP contribution in [0.3, 0.4) is 0 Å². The van der Waals surface area contributed by atoms with Crippen LogP contribution in [0.25, 0.3) is 11.3 Å². The van der Waals surface area contributed by atoms with Gasteiger partial charge in [-0.25, -0.2) is 0 Å². The lowest BCUT2D eigenvalue weighted by molar-refractivity contribution is -0.122. The first-order valence-electron chi connectivity index (χ1n) is 8.16. The van der Waals surface area contributed by atoms with Gasteiger partial charge in [0.2, 0.25) is 5.91 Å². The van der Waals surface area contributed by atoms with Crippen molar-refractivity contribution in [3.05, 3.63) is 47.7 Å². The summed E-state index contributed by atoms with van der Waals surface area (Å²) in [5, 5.41) is 2.94. The first-order chi connectivity index (χ1) is 11.5. The molecule has 0 radical (unpaired) electrons. The predicted molar refractivity (Wildman–Crippen MR) is 94.1 cm³/mol. The molecule has 1 N–H and O–H groups in total. The highest BCUT2D eigenvalue weighted by molar-refractivity contribution is 5.78. The van der Waals surface area contributed by atoms with Gasteiger partial charge in [-0.3, -0.25) is 9.78 Å². The molecule has 1 aromatic carbocycles. The number of carbonyl (C=O) groups excluding carboxylic acids is 1. The molecule has 1 aliphatic heterocycles. The van der Waals surface area contributed by atoms with Crippen molar-refractivity contribution in [3.8, 4) is 17.0 Å². The Kier molecular flexibility index (Phi) is 4.81. The lowest BCUT2D eigenvalue weighted by atomic mass is 10.0. The van der Waals surface area contributed by atoms with Crippen LogP contribution in [0.5, 0.6) is 5.75 Å². The minimum absolute atomic E-state index is 0.0145. The lowest BCUT2D eigenvalue weighted by Crippen LogP contribution is -2.39. The number of amides is 1. The molecule has 0 spiro atoms. The molecule has 1 aromatic heterocycles. The van der Waals surface area contributed by atoms with Gasteiger partial charge in [-0.1, -0.05) is 12.1 Å². The van der Waals surface area contributed by atoms with Crippen molar-refractivity contribution in [2.45, 2.75) is 19.4 Å². The van der Waals surface area contributed by atoms with Crippen LogP contribution in [0.1, 0.15) is 11.1 Å². The van der Waals surface area contributed by atoms with Crippen LogP contribution in [-0.2, 0) is 11.2 Å². The van der Waals surface area contributed by atoms with Crippen LogP contribution >= 0.6 is 0 Å². The number of aryl methyl sites for hydroxylation is 1. The quantitative estimate of drug-likeness (QED) is 0.914. The van der Waals surface area contributed by atoms with Crippen molar-refractivity contribution >= 4 is 5.91 Å². The topological polar surface area (TPSA) is 54.5 Å². The fourth-order valence-electron chi connectivity index (χ4n) is 2.99. The minimum Gasteiger partial charge on any atom is -0.487 e. The van der Waals surface area contributed by atoms with E-state index in [4.69, 9.17) is 4.74 Å². The highest BCUT2D eigenvalue weighted by Crippen LogP contribution is 2.38. The summed E-state index contributed by atoms with van der Waals surface area (Å²) in [6.45, 7) is 2.99. The zero-order valence-corrected chi connectivity index (χ0v) is 14.4. The van der Waals surface area contributed by atoms with Crippen LogP contribution in [-0.4, -0.2) is 49.1 Å². The molecule has 1 atom stereocenters. The second-order valence-corrected chi connectivity index (χ2v) is 6.50. The van der Waals surface area contributed by atoms with Gasteiger partial charge >= 0.3 is 0 Å². The Bertz CT molecular complexity index is 729. The number of fused-ring (bicyclic) bond motifs is 1. The van der Waals surface area contributed by atoms with E-state index < -0.39 is 0 Å². The average Bonchev–Trinajstić information content (AvgIpc) is 2.95. The summed E-state index contributed by atoms with van der Waals surface area (Å²) in [4.78, 5) is 18.1. The molecule has 2 heterocycles. The third-order valence-electron chi connectivity index (χ3n) is 3.97. The van der Waals surface area contributed by atoms with Crippen molar-refractivity contribution in [2.75, 3.05) is 27.2 Å². The average molecular weight is 325 g/mol. The first-order valence-corrected chi connectivity index (χ1v) is 8.16. The molecule has 1 aliphatic rings. The van der Waals surface area contributed by atoms with Gasteiger partial charge in [0.05, 0.1) is 18.8 Å². The Morgan fingerprint density at radius 2 is 2.21 bits per heavy atom. The standard InChI is InChI=1S/C19H23N3O2/c1-13-8-14-10-15(11-21-18(23)12-22(2)3)24-19(14)16(9-13)17-6-4-5-7-20-17/h4-9,15H,10-12H2,1-3H3,(H,21,23). The zero-order valence-electron chi connectivity index (χ0n) is 14.4. The van der Waals surface area contributed by atoms with Gasteiger partial charge in [0.1, 0.15) is 11.9 Å². The molecule has 126 valence electrons. The van der Waals surface area contributed by atoms with Gasteiger partial charge in [-0.2, -0.15) is 0 Å². The number of benzene rings is 1. The third kappa shape index (κ3) is 3.74. The molecule has 0 aliphatic carbocycles. The smallest absolute Gasteiger partial charge is 0.234 e. The molecule has 0 saturated heterocycles. The maximum absolute atomic E-state index is 11.8. The molecule has 0 fully saturated rings. The molecular formula is C19H23N3O2. The van der Waals surface area contributed by atoms with Crippen molar-refractivity contribution in [1.82, 2.24) is 15.2 Å². The Hall–Kier alpha value is -2.40. The molecule has 1 amide bonds. The Morgan fingerprint density at radius 1 is 1.38 bits per heavy atom. The number of rotatable bonds is 5. The number of hydrogen-bond acceptors (Lipinski definition) is 4. The van der Waals surface area contributed by atoms with E-state index in [1.54, 1.807) is 6.20 Å². The monoisotopic (exact) mass is 325 g/mol. The van der Waals surface area contributed by atoms with Crippen LogP contribution in [0.4, 0.5) is 0 Å². The lowest BCUT2D eigenvalue weighted by Gasteiger charge is -2.15. The van der Waals surface area contributed by atoms with E-state index in [2.05, 4.69) is 29.4 Å². The maximum atomic E-state index is 11.8. The van der Waals surface area contributed by atoms with Crippen LogP contribution in [0.2, 0.25) is 0 Å². The summed E-state index contributed by atoms with van der Waals surface area (Å²) in [6, 6.07) is 10.1. The molecule has 0 saturated carbocycles. The van der Waals surface area contributed by atoms with Crippen LogP contribution < -0.4 is 10.1 Å². The summed E-state index contributed by atoms with van der Waals surface area (Å²) in [6.07, 6.45) is 2.56. The van der Waals surface area contributed by atoms with Crippen LogP contribution in [0, 0.1) is 6.92 Å². The molecular weight excluding hydrogens is 302 g/mol. The SMILES string of the molecule is Cc1cc2c(c(-c3ccccn3)c1)OC(CNC(=O)CN(C)C)C2. The van der Waals surface area contributed by atoms with Gasteiger partial charge < -0.3 is 15.0 Å². The number of likely N-dealkylation sites (N-methyl/N-ethyl adjacent to an activating group) is 1. The highest BCUT2D eigenvalue weighted by atomic mass is 16.5. The van der Waals surface area contributed by atoms with Gasteiger partial charge in [-0.15, -0.1) is 0 Å². The van der Waals surface area contributed by atoms with E-state index in [9.17, 15) is 4.79 Å². The number of hydrogen-bond donors (Lipinski definition) is 1. The van der Waals surface area contributed by atoms with Crippen molar-refractivity contribution < 1.29 is 9.53 Å². The Balaban J connectivity index is 1.74. The maximum Gasteiger partial charge on any atom is 0.234 e. The van der Waals surface area contributed by atoms with E-state index in [0.717, 1.165) is 23.4 Å². The first kappa shape index (κ1) is 16.5. The normalized spacial score (nSPS) is 15.9.